The van der Waals surface area contributed by atoms with Crippen molar-refractivity contribution in [2.45, 2.75) is 193 Å². The molecule has 0 bridgehead atoms. The third kappa shape index (κ3) is 31.7. The highest BCUT2D eigenvalue weighted by Gasteiger charge is 2.13. The summed E-state index contributed by atoms with van der Waals surface area (Å²) < 4.78 is 11.1. The second kappa shape index (κ2) is 34.3. The molecule has 0 fully saturated rings. The zero-order chi connectivity index (χ0) is 29.2. The number of ether oxygens (including phenoxy) is 2. The van der Waals surface area contributed by atoms with Gasteiger partial charge in [-0.15, -0.1) is 0 Å². The first-order valence-corrected chi connectivity index (χ1v) is 17.8. The highest BCUT2D eigenvalue weighted by Crippen LogP contribution is 2.14. The fourth-order valence-electron chi connectivity index (χ4n) is 5.15. The van der Waals surface area contributed by atoms with Gasteiger partial charge in [0.2, 0.25) is 0 Å². The molecule has 40 heavy (non-hydrogen) atoms. The lowest BCUT2D eigenvalue weighted by Gasteiger charge is -2.15. The van der Waals surface area contributed by atoms with E-state index >= 15 is 0 Å². The second-order valence-corrected chi connectivity index (χ2v) is 11.9. The summed E-state index contributed by atoms with van der Waals surface area (Å²) in [7, 11) is 0. The zero-order valence-electron chi connectivity index (χ0n) is 27.1. The summed E-state index contributed by atoms with van der Waals surface area (Å²) in [5.74, 6) is -0.201. The maximum absolute atomic E-state index is 12.1. The van der Waals surface area contributed by atoms with Crippen LogP contribution in [0.4, 0.5) is 0 Å². The van der Waals surface area contributed by atoms with E-state index in [1.165, 1.54) is 148 Å². The van der Waals surface area contributed by atoms with Crippen molar-refractivity contribution in [3.05, 3.63) is 12.2 Å². The number of carbonyl (C=O) groups excluding carboxylic acids is 1. The summed E-state index contributed by atoms with van der Waals surface area (Å²) >= 11 is 0. The van der Waals surface area contributed by atoms with Crippen LogP contribution < -0.4 is 0 Å². The summed E-state index contributed by atoms with van der Waals surface area (Å²) in [6.07, 6.45) is 38.1. The molecule has 1 N–H and O–H groups in total. The monoisotopic (exact) mass is 567 g/mol. The molecule has 1 unspecified atom stereocenters. The summed E-state index contributed by atoms with van der Waals surface area (Å²) in [5.41, 5.74) is 0. The number of rotatable bonds is 33. The second-order valence-electron chi connectivity index (χ2n) is 11.9. The van der Waals surface area contributed by atoms with E-state index < -0.39 is 6.10 Å². The van der Waals surface area contributed by atoms with Crippen LogP contribution in [0.1, 0.15) is 187 Å². The Morgan fingerprint density at radius 1 is 0.575 bits per heavy atom. The summed E-state index contributed by atoms with van der Waals surface area (Å²) in [6, 6.07) is 0. The predicted octanol–water partition coefficient (Wildman–Crippen LogP) is 11.0. The first-order valence-electron chi connectivity index (χ1n) is 17.8. The molecule has 238 valence electrons. The Morgan fingerprint density at radius 3 is 1.48 bits per heavy atom. The average Bonchev–Trinajstić information content (AvgIpc) is 2.96. The minimum absolute atomic E-state index is 0.169. The molecule has 0 saturated heterocycles. The Morgan fingerprint density at radius 2 is 0.975 bits per heavy atom. The molecule has 0 aliphatic rings. The molecule has 0 saturated carbocycles. The Kier molecular flexibility index (Phi) is 33.6. The fraction of sp³-hybridized carbons (Fsp3) is 0.917. The summed E-state index contributed by atoms with van der Waals surface area (Å²) in [6.45, 7) is 5.33. The number of esters is 1. The molecule has 0 aromatic heterocycles. The minimum atomic E-state index is -0.529. The van der Waals surface area contributed by atoms with Gasteiger partial charge in [-0.3, -0.25) is 4.79 Å². The van der Waals surface area contributed by atoms with Crippen molar-refractivity contribution in [1.82, 2.24) is 0 Å². The van der Waals surface area contributed by atoms with Crippen molar-refractivity contribution in [3.8, 4) is 0 Å². The largest absolute Gasteiger partial charge is 0.457 e. The van der Waals surface area contributed by atoms with E-state index in [4.69, 9.17) is 9.47 Å². The summed E-state index contributed by atoms with van der Waals surface area (Å²) in [4.78, 5) is 12.1. The quantitative estimate of drug-likeness (QED) is 0.0487. The molecule has 0 aliphatic carbocycles. The number of hydrogen-bond donors (Lipinski definition) is 1. The van der Waals surface area contributed by atoms with Gasteiger partial charge in [0.1, 0.15) is 6.10 Å². The molecule has 0 radical (unpaired) electrons. The van der Waals surface area contributed by atoms with Crippen LogP contribution >= 0.6 is 0 Å². The third-order valence-corrected chi connectivity index (χ3v) is 7.84. The first-order chi connectivity index (χ1) is 19.7. The van der Waals surface area contributed by atoms with Gasteiger partial charge in [-0.1, -0.05) is 154 Å². The van der Waals surface area contributed by atoms with Gasteiger partial charge in [-0.2, -0.15) is 0 Å². The Labute approximate surface area is 250 Å². The van der Waals surface area contributed by atoms with Crippen LogP contribution in [0.15, 0.2) is 12.2 Å². The van der Waals surface area contributed by atoms with Gasteiger partial charge in [0.15, 0.2) is 0 Å². The maximum atomic E-state index is 12.1. The third-order valence-electron chi connectivity index (χ3n) is 7.84. The van der Waals surface area contributed by atoms with E-state index in [-0.39, 0.29) is 12.6 Å². The molecule has 0 aromatic rings. The highest BCUT2D eigenvalue weighted by atomic mass is 16.6. The lowest BCUT2D eigenvalue weighted by atomic mass is 10.0. The molecule has 4 nitrogen and oxygen atoms in total. The molecule has 0 rings (SSSR count). The molecular formula is C36H70O4. The number of unbranched alkanes of at least 4 members (excludes halogenated alkanes) is 23. The first kappa shape index (κ1) is 39.1. The lowest BCUT2D eigenvalue weighted by molar-refractivity contribution is -0.154. The van der Waals surface area contributed by atoms with Crippen molar-refractivity contribution in [2.75, 3.05) is 19.8 Å². The number of allylic oxidation sites excluding steroid dienone is 2. The van der Waals surface area contributed by atoms with E-state index in [9.17, 15) is 9.90 Å². The van der Waals surface area contributed by atoms with Crippen LogP contribution in [0.25, 0.3) is 0 Å². The zero-order valence-corrected chi connectivity index (χ0v) is 27.1. The van der Waals surface area contributed by atoms with Crippen LogP contribution in [0.3, 0.4) is 0 Å². The smallest absolute Gasteiger partial charge is 0.306 e. The van der Waals surface area contributed by atoms with Gasteiger partial charge in [-0.05, 0) is 38.5 Å². The number of hydrogen-bond acceptors (Lipinski definition) is 4. The molecular weight excluding hydrogens is 496 g/mol. The Bertz CT molecular complexity index is 519. The van der Waals surface area contributed by atoms with E-state index in [1.54, 1.807) is 0 Å². The van der Waals surface area contributed by atoms with Gasteiger partial charge in [-0.25, -0.2) is 0 Å². The van der Waals surface area contributed by atoms with Crippen molar-refractivity contribution in [2.24, 2.45) is 0 Å². The Balaban J connectivity index is 3.42. The molecule has 0 spiro atoms. The molecule has 0 amide bonds. The molecule has 0 heterocycles. The van der Waals surface area contributed by atoms with Gasteiger partial charge in [0, 0.05) is 13.0 Å². The van der Waals surface area contributed by atoms with Crippen molar-refractivity contribution in [3.63, 3.8) is 0 Å². The van der Waals surface area contributed by atoms with Crippen LogP contribution in [0, 0.1) is 0 Å². The molecule has 4 heteroatoms. The standard InChI is InChI=1S/C36H70O4/c1-3-5-7-9-11-13-15-17-18-19-21-23-25-27-29-31-36(38)40-35(33-37)34-39-32-30-28-26-24-22-20-16-14-12-10-8-6-4-2/h12,14,35,37H,3-11,13,15-34H2,1-2H3/b14-12-. The fourth-order valence-corrected chi connectivity index (χ4v) is 5.15. The van der Waals surface area contributed by atoms with E-state index in [2.05, 4.69) is 26.0 Å². The lowest BCUT2D eigenvalue weighted by Crippen LogP contribution is -2.27. The van der Waals surface area contributed by atoms with Gasteiger partial charge >= 0.3 is 5.97 Å². The molecule has 0 aliphatic heterocycles. The maximum Gasteiger partial charge on any atom is 0.306 e. The van der Waals surface area contributed by atoms with Crippen LogP contribution in [-0.4, -0.2) is 37.0 Å². The summed E-state index contributed by atoms with van der Waals surface area (Å²) in [5, 5.41) is 9.53. The van der Waals surface area contributed by atoms with Crippen LogP contribution in [-0.2, 0) is 14.3 Å². The Hall–Kier alpha value is -0.870. The highest BCUT2D eigenvalue weighted by molar-refractivity contribution is 5.69. The molecule has 1 atom stereocenters. The predicted molar refractivity (Wildman–Crippen MR) is 173 cm³/mol. The van der Waals surface area contributed by atoms with E-state index in [0.29, 0.717) is 19.6 Å². The SMILES string of the molecule is CCCCC/C=C\CCCCCCCCOCC(CO)OC(=O)CCCCCCCCCCCCCCCCC. The molecule has 0 aromatic carbocycles. The number of carbonyl (C=O) groups is 1. The van der Waals surface area contributed by atoms with Gasteiger partial charge < -0.3 is 14.6 Å². The van der Waals surface area contributed by atoms with Crippen molar-refractivity contribution < 1.29 is 19.4 Å². The van der Waals surface area contributed by atoms with Crippen molar-refractivity contribution in [1.29, 1.82) is 0 Å². The van der Waals surface area contributed by atoms with Crippen LogP contribution in [0.2, 0.25) is 0 Å². The van der Waals surface area contributed by atoms with Crippen molar-refractivity contribution >= 4 is 5.97 Å². The topological polar surface area (TPSA) is 55.8 Å². The van der Waals surface area contributed by atoms with E-state index in [0.717, 1.165) is 19.3 Å². The average molecular weight is 567 g/mol. The van der Waals surface area contributed by atoms with Crippen LogP contribution in [0.5, 0.6) is 0 Å². The van der Waals surface area contributed by atoms with Gasteiger partial charge in [0.25, 0.3) is 0 Å². The normalized spacial score (nSPS) is 12.4. The number of aliphatic hydroxyl groups excluding tert-OH is 1. The number of aliphatic hydroxyl groups is 1. The minimum Gasteiger partial charge on any atom is -0.457 e. The van der Waals surface area contributed by atoms with Gasteiger partial charge in [0.05, 0.1) is 13.2 Å². The van der Waals surface area contributed by atoms with E-state index in [1.807, 2.05) is 0 Å².